The van der Waals surface area contributed by atoms with E-state index in [9.17, 15) is 14.0 Å². The molecule has 0 radical (unpaired) electrons. The van der Waals surface area contributed by atoms with Gasteiger partial charge in [0.2, 0.25) is 5.91 Å². The van der Waals surface area contributed by atoms with Gasteiger partial charge in [-0.1, -0.05) is 31.4 Å². The minimum absolute atomic E-state index is 0.00957. The summed E-state index contributed by atoms with van der Waals surface area (Å²) in [6.07, 6.45) is 6.41. The zero-order valence-electron chi connectivity index (χ0n) is 20.4. The highest BCUT2D eigenvalue weighted by Gasteiger charge is 2.37. The molecule has 0 unspecified atom stereocenters. The zero-order chi connectivity index (χ0) is 25.5. The van der Waals surface area contributed by atoms with Gasteiger partial charge in [-0.2, -0.15) is 0 Å². The van der Waals surface area contributed by atoms with Crippen LogP contribution in [0.25, 0.3) is 0 Å². The van der Waals surface area contributed by atoms with Gasteiger partial charge >= 0.3 is 0 Å². The second-order valence-corrected chi connectivity index (χ2v) is 8.72. The molecule has 1 saturated carbocycles. The average Bonchev–Trinajstić information content (AvgIpc) is 2.92. The predicted molar refractivity (Wildman–Crippen MR) is 135 cm³/mol. The average molecular weight is 492 g/mol. The number of carbonyl (C=O) groups is 2. The highest BCUT2D eigenvalue weighted by Crippen LogP contribution is 2.37. The first-order valence-electron chi connectivity index (χ1n) is 12.0. The monoisotopic (exact) mass is 491 g/mol. The standard InChI is InChI=1S/C28H30FN3O4/c1-35-22-14-15-25(36-2)23(18-22)26(27(33)31-20-10-4-3-5-11-20)32(21-12-8-9-19(29)17-21)28(34)24-13-6-7-16-30-24/h6-9,12-18,20,26H,3-5,10-11H2,1-2H3,(H,31,33)/t26-/m0/s1. The first kappa shape index (κ1) is 25.2. The third-order valence-corrected chi connectivity index (χ3v) is 6.38. The third-order valence-electron chi connectivity index (χ3n) is 6.38. The van der Waals surface area contributed by atoms with Crippen LogP contribution in [0.1, 0.15) is 54.2 Å². The van der Waals surface area contributed by atoms with Gasteiger partial charge in [0.1, 0.15) is 29.1 Å². The maximum atomic E-state index is 14.4. The van der Waals surface area contributed by atoms with Crippen molar-refractivity contribution in [3.8, 4) is 11.5 Å². The Balaban J connectivity index is 1.89. The minimum atomic E-state index is -1.17. The molecule has 1 fully saturated rings. The van der Waals surface area contributed by atoms with Gasteiger partial charge in [-0.05, 0) is 61.4 Å². The molecule has 1 aliphatic carbocycles. The van der Waals surface area contributed by atoms with Crippen molar-refractivity contribution >= 4 is 17.5 Å². The summed E-state index contributed by atoms with van der Waals surface area (Å²) in [5.41, 5.74) is 0.761. The van der Waals surface area contributed by atoms with Crippen molar-refractivity contribution in [2.45, 2.75) is 44.2 Å². The van der Waals surface area contributed by atoms with Gasteiger partial charge in [-0.3, -0.25) is 19.5 Å². The van der Waals surface area contributed by atoms with Crippen LogP contribution in [0.15, 0.2) is 66.9 Å². The SMILES string of the molecule is COc1ccc(OC)c([C@@H](C(=O)NC2CCCCC2)N(C(=O)c2ccccn2)c2cccc(F)c2)c1. The Labute approximate surface area is 210 Å². The van der Waals surface area contributed by atoms with Crippen LogP contribution in [0.4, 0.5) is 10.1 Å². The molecule has 1 heterocycles. The molecule has 1 N–H and O–H groups in total. The first-order chi connectivity index (χ1) is 17.5. The van der Waals surface area contributed by atoms with E-state index in [4.69, 9.17) is 9.47 Å². The van der Waals surface area contributed by atoms with E-state index in [1.54, 1.807) is 42.5 Å². The number of amides is 2. The molecule has 36 heavy (non-hydrogen) atoms. The van der Waals surface area contributed by atoms with Crippen LogP contribution < -0.4 is 19.7 Å². The molecule has 1 aromatic heterocycles. The number of pyridine rings is 1. The minimum Gasteiger partial charge on any atom is -0.497 e. The molecule has 1 atom stereocenters. The molecule has 0 saturated heterocycles. The predicted octanol–water partition coefficient (Wildman–Crippen LogP) is 5.07. The van der Waals surface area contributed by atoms with Crippen molar-refractivity contribution in [1.29, 1.82) is 0 Å². The lowest BCUT2D eigenvalue weighted by molar-refractivity contribution is -0.123. The molecule has 2 aromatic carbocycles. The lowest BCUT2D eigenvalue weighted by atomic mass is 9.94. The summed E-state index contributed by atoms with van der Waals surface area (Å²) >= 11 is 0. The summed E-state index contributed by atoms with van der Waals surface area (Å²) < 4.78 is 25.4. The molecule has 0 bridgehead atoms. The number of nitrogens with one attached hydrogen (secondary N) is 1. The van der Waals surface area contributed by atoms with Crippen LogP contribution in [0.2, 0.25) is 0 Å². The van der Waals surface area contributed by atoms with Crippen LogP contribution >= 0.6 is 0 Å². The van der Waals surface area contributed by atoms with Crippen LogP contribution in [-0.2, 0) is 4.79 Å². The fraction of sp³-hybridized carbons (Fsp3) is 0.321. The number of nitrogens with zero attached hydrogens (tertiary/aromatic N) is 2. The fourth-order valence-corrected chi connectivity index (χ4v) is 4.60. The summed E-state index contributed by atoms with van der Waals surface area (Å²) in [7, 11) is 3.01. The normalized spacial score (nSPS) is 14.5. The van der Waals surface area contributed by atoms with Crippen LogP contribution in [-0.4, -0.2) is 37.1 Å². The van der Waals surface area contributed by atoms with Crippen LogP contribution in [0.5, 0.6) is 11.5 Å². The lowest BCUT2D eigenvalue weighted by Gasteiger charge is -2.34. The quantitative estimate of drug-likeness (QED) is 0.476. The molecular formula is C28H30FN3O4. The molecular weight excluding hydrogens is 461 g/mol. The first-order valence-corrected chi connectivity index (χ1v) is 12.0. The van der Waals surface area contributed by atoms with Crippen molar-refractivity contribution in [2.75, 3.05) is 19.1 Å². The van der Waals surface area contributed by atoms with E-state index in [1.165, 1.54) is 43.5 Å². The lowest BCUT2D eigenvalue weighted by Crippen LogP contribution is -2.47. The Morgan fingerprint density at radius 2 is 1.81 bits per heavy atom. The molecule has 7 nitrogen and oxygen atoms in total. The highest BCUT2D eigenvalue weighted by atomic mass is 19.1. The smallest absolute Gasteiger partial charge is 0.277 e. The number of carbonyl (C=O) groups excluding carboxylic acids is 2. The maximum absolute atomic E-state index is 14.4. The fourth-order valence-electron chi connectivity index (χ4n) is 4.60. The number of methoxy groups -OCH3 is 2. The van der Waals surface area contributed by atoms with Gasteiger partial charge in [0.15, 0.2) is 0 Å². The van der Waals surface area contributed by atoms with Crippen molar-refractivity contribution < 1.29 is 23.5 Å². The number of halogens is 1. The van der Waals surface area contributed by atoms with Gasteiger partial charge in [0, 0.05) is 23.5 Å². The third kappa shape index (κ3) is 5.64. The summed E-state index contributed by atoms with van der Waals surface area (Å²) in [5.74, 6) is -0.576. The van der Waals surface area contributed by atoms with Crippen LogP contribution in [0.3, 0.4) is 0 Å². The Hall–Kier alpha value is -3.94. The van der Waals surface area contributed by atoms with E-state index < -0.39 is 17.8 Å². The van der Waals surface area contributed by atoms with Crippen molar-refractivity contribution in [1.82, 2.24) is 10.3 Å². The molecule has 0 spiro atoms. The Bertz CT molecular complexity index is 1200. The largest absolute Gasteiger partial charge is 0.497 e. The second kappa shape index (κ2) is 11.7. The van der Waals surface area contributed by atoms with Gasteiger partial charge in [-0.25, -0.2) is 4.39 Å². The van der Waals surface area contributed by atoms with E-state index in [0.717, 1.165) is 32.1 Å². The number of hydrogen-bond acceptors (Lipinski definition) is 5. The molecule has 188 valence electrons. The molecule has 3 aromatic rings. The number of benzene rings is 2. The summed E-state index contributed by atoms with van der Waals surface area (Å²) in [4.78, 5) is 33.4. The maximum Gasteiger partial charge on any atom is 0.277 e. The van der Waals surface area contributed by atoms with Crippen molar-refractivity contribution in [3.05, 3.63) is 83.9 Å². The summed E-state index contributed by atoms with van der Waals surface area (Å²) in [6, 6.07) is 14.4. The van der Waals surface area contributed by atoms with Crippen molar-refractivity contribution in [2.24, 2.45) is 0 Å². The van der Waals surface area contributed by atoms with Gasteiger partial charge in [-0.15, -0.1) is 0 Å². The number of ether oxygens (including phenoxy) is 2. The number of rotatable bonds is 8. The molecule has 2 amide bonds. The molecule has 1 aliphatic rings. The topological polar surface area (TPSA) is 80.8 Å². The molecule has 4 rings (SSSR count). The van der Waals surface area contributed by atoms with Crippen molar-refractivity contribution in [3.63, 3.8) is 0 Å². The van der Waals surface area contributed by atoms with Crippen LogP contribution in [0, 0.1) is 5.82 Å². The van der Waals surface area contributed by atoms with E-state index in [2.05, 4.69) is 10.3 Å². The number of anilines is 1. The molecule has 0 aliphatic heterocycles. The zero-order valence-corrected chi connectivity index (χ0v) is 20.4. The summed E-state index contributed by atoms with van der Waals surface area (Å²) in [6.45, 7) is 0. The molecule has 8 heteroatoms. The van der Waals surface area contributed by atoms with Gasteiger partial charge in [0.05, 0.1) is 14.2 Å². The number of aromatic nitrogens is 1. The van der Waals surface area contributed by atoms with E-state index in [0.29, 0.717) is 17.1 Å². The van der Waals surface area contributed by atoms with Gasteiger partial charge < -0.3 is 14.8 Å². The highest BCUT2D eigenvalue weighted by molar-refractivity contribution is 6.09. The Morgan fingerprint density at radius 1 is 1.00 bits per heavy atom. The number of hydrogen-bond donors (Lipinski definition) is 1. The Kier molecular flexibility index (Phi) is 8.15. The summed E-state index contributed by atoms with van der Waals surface area (Å²) in [5, 5.41) is 3.13. The van der Waals surface area contributed by atoms with E-state index >= 15 is 0 Å². The second-order valence-electron chi connectivity index (χ2n) is 8.72. The van der Waals surface area contributed by atoms with Gasteiger partial charge in [0.25, 0.3) is 5.91 Å². The van der Waals surface area contributed by atoms with E-state index in [1.807, 2.05) is 0 Å². The Morgan fingerprint density at radius 3 is 2.47 bits per heavy atom. The van der Waals surface area contributed by atoms with E-state index in [-0.39, 0.29) is 23.3 Å².